The average molecular weight is 588 g/mol. The van der Waals surface area contributed by atoms with E-state index in [1.54, 1.807) is 25.1 Å². The summed E-state index contributed by atoms with van der Waals surface area (Å²) < 4.78 is 5.50. The van der Waals surface area contributed by atoms with Gasteiger partial charge in [0.1, 0.15) is 0 Å². The molecule has 1 N–H and O–H groups in total. The zero-order valence-electron chi connectivity index (χ0n) is 24.6. The van der Waals surface area contributed by atoms with Gasteiger partial charge in [0, 0.05) is 29.5 Å². The van der Waals surface area contributed by atoms with Crippen LogP contribution < -0.4 is 4.74 Å². The topological polar surface area (TPSA) is 101 Å². The summed E-state index contributed by atoms with van der Waals surface area (Å²) in [7, 11) is 1.47. The highest BCUT2D eigenvalue weighted by Gasteiger charge is 2.66. The normalized spacial score (nSPS) is 29.4. The number of aromatic hydroxyl groups is 1. The molecule has 1 saturated heterocycles. The number of carbonyl (C=O) groups excluding carboxylic acids is 4. The van der Waals surface area contributed by atoms with Gasteiger partial charge in [0.25, 0.3) is 0 Å². The van der Waals surface area contributed by atoms with E-state index in [-0.39, 0.29) is 47.8 Å². The van der Waals surface area contributed by atoms with Crippen LogP contribution in [0.25, 0.3) is 5.57 Å². The number of methoxy groups -OCH3 is 1. The van der Waals surface area contributed by atoms with E-state index in [4.69, 9.17) is 4.74 Å². The molecular formula is C37H33NO6. The largest absolute Gasteiger partial charge is 0.504 e. The van der Waals surface area contributed by atoms with Crippen molar-refractivity contribution in [1.29, 1.82) is 0 Å². The van der Waals surface area contributed by atoms with Crippen LogP contribution >= 0.6 is 0 Å². The average Bonchev–Trinajstić information content (AvgIpc) is 3.31. The fraction of sp³-hybridized carbons (Fsp3) is 0.297. The molecule has 0 radical (unpaired) electrons. The third kappa shape index (κ3) is 3.74. The minimum atomic E-state index is -1.40. The van der Waals surface area contributed by atoms with Crippen LogP contribution in [0.4, 0.5) is 0 Å². The van der Waals surface area contributed by atoms with Crippen LogP contribution in [0.5, 0.6) is 11.5 Å². The fourth-order valence-electron chi connectivity index (χ4n) is 8.53. The molecule has 3 aliphatic carbocycles. The SMILES string of the molecule is CCN1C(=O)C2CC=C3C(CC4C(=O)C(c5ccccc5)=CC(=O)C4(c4ccccc4)C3c3cccc(OC)c3O)C2C1=O. The van der Waals surface area contributed by atoms with Gasteiger partial charge >= 0.3 is 0 Å². The van der Waals surface area contributed by atoms with Crippen molar-refractivity contribution in [2.24, 2.45) is 23.7 Å². The van der Waals surface area contributed by atoms with E-state index in [0.717, 1.165) is 5.57 Å². The van der Waals surface area contributed by atoms with Gasteiger partial charge in [0.05, 0.1) is 24.4 Å². The number of fused-ring (bicyclic) bond motifs is 4. The number of phenolic OH excluding ortho intramolecular Hbond substituents is 1. The van der Waals surface area contributed by atoms with Crippen molar-refractivity contribution in [2.75, 3.05) is 13.7 Å². The minimum Gasteiger partial charge on any atom is -0.504 e. The first kappa shape index (κ1) is 28.0. The fourth-order valence-corrected chi connectivity index (χ4v) is 8.53. The molecule has 2 fully saturated rings. The summed E-state index contributed by atoms with van der Waals surface area (Å²) in [5.74, 6) is -3.95. The van der Waals surface area contributed by atoms with Crippen molar-refractivity contribution >= 4 is 29.0 Å². The monoisotopic (exact) mass is 587 g/mol. The minimum absolute atomic E-state index is 0.111. The second kappa shape index (κ2) is 10.4. The molecule has 44 heavy (non-hydrogen) atoms. The predicted molar refractivity (Wildman–Crippen MR) is 164 cm³/mol. The second-order valence-corrected chi connectivity index (χ2v) is 12.1. The molecule has 2 amide bonds. The Kier molecular flexibility index (Phi) is 6.65. The third-order valence-corrected chi connectivity index (χ3v) is 10.3. The number of nitrogens with zero attached hydrogens (tertiary/aromatic N) is 1. The summed E-state index contributed by atoms with van der Waals surface area (Å²) in [5, 5.41) is 11.6. The highest BCUT2D eigenvalue weighted by molar-refractivity contribution is 6.31. The van der Waals surface area contributed by atoms with Crippen molar-refractivity contribution in [3.05, 3.63) is 113 Å². The standard InChI is InChI=1S/C37H33NO6/c1-3-38-35(42)24-18-17-23-27(31(24)36(38)43)19-28-33(40)26(21-11-6-4-7-12-21)20-30(39)37(28,22-13-8-5-9-14-22)32(23)25-15-10-16-29(44-2)34(25)41/h4-17,20,24,27-28,31-32,41H,3,18-19H2,1-2H3. The predicted octanol–water partition coefficient (Wildman–Crippen LogP) is 5.25. The lowest BCUT2D eigenvalue weighted by Gasteiger charge is -2.55. The molecule has 3 aromatic carbocycles. The van der Waals surface area contributed by atoms with Gasteiger partial charge in [0.2, 0.25) is 11.8 Å². The number of para-hydroxylation sites is 1. The smallest absolute Gasteiger partial charge is 0.233 e. The van der Waals surface area contributed by atoms with Gasteiger partial charge < -0.3 is 9.84 Å². The van der Waals surface area contributed by atoms with Crippen LogP contribution in [0.1, 0.15) is 42.4 Å². The van der Waals surface area contributed by atoms with E-state index in [1.165, 1.54) is 18.1 Å². The van der Waals surface area contributed by atoms with Crippen LogP contribution in [-0.4, -0.2) is 47.0 Å². The molecule has 3 aromatic rings. The number of allylic oxidation sites excluding steroid dienone is 4. The summed E-state index contributed by atoms with van der Waals surface area (Å²) in [5.41, 5.74) is 1.53. The van der Waals surface area contributed by atoms with E-state index in [0.29, 0.717) is 28.7 Å². The number of benzene rings is 3. The number of ketones is 2. The Labute approximate surface area is 255 Å². The number of Topliss-reactive ketones (excluding diaryl/α,β-unsaturated/α-hetero) is 1. The maximum atomic E-state index is 14.9. The molecule has 6 unspecified atom stereocenters. The van der Waals surface area contributed by atoms with Gasteiger partial charge in [-0.25, -0.2) is 0 Å². The Morgan fingerprint density at radius 1 is 0.886 bits per heavy atom. The number of phenols is 1. The number of carbonyl (C=O) groups is 4. The Hall–Kier alpha value is -4.78. The third-order valence-electron chi connectivity index (χ3n) is 10.3. The number of ether oxygens (including phenoxy) is 1. The Bertz CT molecular complexity index is 1760. The van der Waals surface area contributed by atoms with Gasteiger partial charge in [-0.1, -0.05) is 84.4 Å². The molecule has 222 valence electrons. The summed E-state index contributed by atoms with van der Waals surface area (Å²) in [6.45, 7) is 2.07. The van der Waals surface area contributed by atoms with Gasteiger partial charge in [-0.15, -0.1) is 0 Å². The first-order chi connectivity index (χ1) is 21.3. The van der Waals surface area contributed by atoms with Gasteiger partial charge in [-0.2, -0.15) is 0 Å². The maximum absolute atomic E-state index is 14.9. The zero-order valence-corrected chi connectivity index (χ0v) is 24.6. The Balaban J connectivity index is 1.54. The van der Waals surface area contributed by atoms with Gasteiger partial charge in [0.15, 0.2) is 23.1 Å². The Morgan fingerprint density at radius 3 is 2.27 bits per heavy atom. The molecule has 1 saturated carbocycles. The van der Waals surface area contributed by atoms with E-state index in [2.05, 4.69) is 0 Å². The highest BCUT2D eigenvalue weighted by Crippen LogP contribution is 2.64. The van der Waals surface area contributed by atoms with Crippen LogP contribution in [0, 0.1) is 23.7 Å². The highest BCUT2D eigenvalue weighted by atomic mass is 16.5. The zero-order chi connectivity index (χ0) is 30.7. The second-order valence-electron chi connectivity index (χ2n) is 12.1. The molecule has 0 aromatic heterocycles. The van der Waals surface area contributed by atoms with Crippen molar-refractivity contribution in [2.45, 2.75) is 31.1 Å². The van der Waals surface area contributed by atoms with Crippen LogP contribution in [0.2, 0.25) is 0 Å². The van der Waals surface area contributed by atoms with Crippen molar-refractivity contribution in [3.8, 4) is 11.5 Å². The van der Waals surface area contributed by atoms with Gasteiger partial charge in [-0.3, -0.25) is 24.1 Å². The molecule has 4 aliphatic rings. The number of amides is 2. The van der Waals surface area contributed by atoms with E-state index in [9.17, 15) is 24.3 Å². The summed E-state index contributed by atoms with van der Waals surface area (Å²) in [6, 6.07) is 23.7. The number of likely N-dealkylation sites (tertiary alicyclic amines) is 1. The van der Waals surface area contributed by atoms with Crippen LogP contribution in [0.3, 0.4) is 0 Å². The Morgan fingerprint density at radius 2 is 1.59 bits per heavy atom. The van der Waals surface area contributed by atoms with Crippen LogP contribution in [0.15, 0.2) is 96.6 Å². The quantitative estimate of drug-likeness (QED) is 0.324. The molecule has 7 rings (SSSR count). The number of hydrogen-bond donors (Lipinski definition) is 1. The number of hydrogen-bond acceptors (Lipinski definition) is 6. The lowest BCUT2D eigenvalue weighted by molar-refractivity contribution is -0.140. The lowest BCUT2D eigenvalue weighted by Crippen LogP contribution is -2.58. The summed E-state index contributed by atoms with van der Waals surface area (Å²) in [4.78, 5) is 58.3. The lowest BCUT2D eigenvalue weighted by atomic mass is 9.44. The molecule has 0 bridgehead atoms. The molecule has 6 atom stereocenters. The molecule has 1 heterocycles. The maximum Gasteiger partial charge on any atom is 0.233 e. The number of rotatable bonds is 5. The van der Waals surface area contributed by atoms with Crippen molar-refractivity contribution < 1.29 is 29.0 Å². The number of imide groups is 1. The van der Waals surface area contributed by atoms with Gasteiger partial charge in [-0.05, 0) is 49.0 Å². The molecule has 7 nitrogen and oxygen atoms in total. The molecule has 1 aliphatic heterocycles. The molecular weight excluding hydrogens is 554 g/mol. The van der Waals surface area contributed by atoms with Crippen molar-refractivity contribution in [3.63, 3.8) is 0 Å². The first-order valence-corrected chi connectivity index (χ1v) is 15.2. The van der Waals surface area contributed by atoms with E-state index in [1.807, 2.05) is 66.7 Å². The van der Waals surface area contributed by atoms with E-state index >= 15 is 0 Å². The first-order valence-electron chi connectivity index (χ1n) is 15.2. The van der Waals surface area contributed by atoms with E-state index < -0.39 is 35.0 Å². The van der Waals surface area contributed by atoms with Crippen LogP contribution in [-0.2, 0) is 24.6 Å². The molecule has 7 heteroatoms. The van der Waals surface area contributed by atoms with Crippen molar-refractivity contribution in [1.82, 2.24) is 4.90 Å². The summed E-state index contributed by atoms with van der Waals surface area (Å²) in [6.07, 6.45) is 4.05. The summed E-state index contributed by atoms with van der Waals surface area (Å²) >= 11 is 0. The molecule has 0 spiro atoms.